The van der Waals surface area contributed by atoms with Gasteiger partial charge in [-0.2, -0.15) is 13.5 Å². The quantitative estimate of drug-likeness (QED) is 0.798. The van der Waals surface area contributed by atoms with E-state index in [9.17, 15) is 22.7 Å². The Balaban J connectivity index is 1.66. The number of aromatic nitrogens is 2. The highest BCUT2D eigenvalue weighted by Gasteiger charge is 2.37. The fourth-order valence-electron chi connectivity index (χ4n) is 3.28. The first-order valence-electron chi connectivity index (χ1n) is 8.33. The molecule has 3 heterocycles. The van der Waals surface area contributed by atoms with Gasteiger partial charge in [-0.25, -0.2) is 13.4 Å². The Morgan fingerprint density at radius 3 is 2.63 bits per heavy atom. The summed E-state index contributed by atoms with van der Waals surface area (Å²) < 4.78 is 47.8. The maximum atomic E-state index is 14.6. The number of halogens is 1. The van der Waals surface area contributed by atoms with Crippen LogP contribution in [0.3, 0.4) is 0 Å². The molecule has 0 aliphatic carbocycles. The predicted octanol–water partition coefficient (Wildman–Crippen LogP) is 0.927. The zero-order chi connectivity index (χ0) is 19.2. The lowest BCUT2D eigenvalue weighted by molar-refractivity contribution is -0.117. The molecule has 144 valence electrons. The van der Waals surface area contributed by atoms with Gasteiger partial charge in [-0.05, 0) is 30.5 Å². The summed E-state index contributed by atoms with van der Waals surface area (Å²) in [5.41, 5.74) is 0.373. The molecule has 4 rings (SSSR count). The second-order valence-electron chi connectivity index (χ2n) is 6.42. The van der Waals surface area contributed by atoms with Gasteiger partial charge in [-0.15, -0.1) is 0 Å². The number of hydrogen-bond acceptors (Lipinski definition) is 6. The molecule has 2 aromatic rings. The zero-order valence-corrected chi connectivity index (χ0v) is 14.9. The standard InChI is InChI=1S/C16H17FN4O5S/c17-13-5-10(11-7-18-20(8-11)12-1-3-26-4-2-12)6-14(22)16(13)21-9-15(23)19-27(21,24)25/h5-8,12,22H,1-4,9H2,(H,19,23). The minimum Gasteiger partial charge on any atom is -0.506 e. The van der Waals surface area contributed by atoms with Crippen molar-refractivity contribution in [2.24, 2.45) is 0 Å². The number of phenols is 1. The van der Waals surface area contributed by atoms with Gasteiger partial charge in [-0.1, -0.05) is 0 Å². The maximum absolute atomic E-state index is 14.6. The molecule has 0 saturated carbocycles. The highest BCUT2D eigenvalue weighted by Crippen LogP contribution is 2.37. The number of anilines is 1. The van der Waals surface area contributed by atoms with Gasteiger partial charge >= 0.3 is 10.2 Å². The minimum absolute atomic E-state index is 0.192. The molecule has 0 unspecified atom stereocenters. The van der Waals surface area contributed by atoms with Crippen LogP contribution in [0.1, 0.15) is 18.9 Å². The van der Waals surface area contributed by atoms with Gasteiger partial charge < -0.3 is 9.84 Å². The van der Waals surface area contributed by atoms with E-state index in [1.165, 1.54) is 6.07 Å². The number of nitrogens with zero attached hydrogens (tertiary/aromatic N) is 3. The van der Waals surface area contributed by atoms with E-state index >= 15 is 0 Å². The van der Waals surface area contributed by atoms with Crippen LogP contribution in [0, 0.1) is 5.82 Å². The molecule has 1 aromatic heterocycles. The third kappa shape index (κ3) is 3.23. The summed E-state index contributed by atoms with van der Waals surface area (Å²) in [7, 11) is -4.22. The van der Waals surface area contributed by atoms with Crippen molar-refractivity contribution in [2.75, 3.05) is 24.1 Å². The molecule has 11 heteroatoms. The molecule has 2 saturated heterocycles. The van der Waals surface area contributed by atoms with Crippen molar-refractivity contribution in [3.63, 3.8) is 0 Å². The van der Waals surface area contributed by atoms with Crippen LogP contribution in [0.25, 0.3) is 11.1 Å². The van der Waals surface area contributed by atoms with Gasteiger partial charge in [0.25, 0.3) is 5.91 Å². The summed E-state index contributed by atoms with van der Waals surface area (Å²) in [4.78, 5) is 11.4. The Hall–Kier alpha value is -2.66. The molecule has 0 bridgehead atoms. The van der Waals surface area contributed by atoms with Crippen LogP contribution in [0.15, 0.2) is 24.5 Å². The first kappa shape index (κ1) is 17.7. The van der Waals surface area contributed by atoms with Crippen LogP contribution >= 0.6 is 0 Å². The molecule has 2 aliphatic rings. The largest absolute Gasteiger partial charge is 0.506 e. The Labute approximate surface area is 154 Å². The molecule has 0 radical (unpaired) electrons. The Kier molecular flexibility index (Phi) is 4.27. The van der Waals surface area contributed by atoms with Crippen molar-refractivity contribution in [1.82, 2.24) is 14.5 Å². The summed E-state index contributed by atoms with van der Waals surface area (Å²) in [5, 5.41) is 14.5. The molecule has 2 N–H and O–H groups in total. The number of ether oxygens (including phenoxy) is 1. The van der Waals surface area contributed by atoms with Gasteiger partial charge in [0.15, 0.2) is 5.82 Å². The van der Waals surface area contributed by atoms with Gasteiger partial charge in [0, 0.05) is 25.0 Å². The number of aromatic hydroxyl groups is 1. The van der Waals surface area contributed by atoms with Gasteiger partial charge in [0.05, 0.1) is 12.2 Å². The van der Waals surface area contributed by atoms with Crippen molar-refractivity contribution < 1.29 is 27.4 Å². The molecule has 0 atom stereocenters. The molecular formula is C16H17FN4O5S. The topological polar surface area (TPSA) is 114 Å². The van der Waals surface area contributed by atoms with E-state index in [2.05, 4.69) is 5.10 Å². The van der Waals surface area contributed by atoms with Crippen LogP contribution in [-0.4, -0.2) is 49.0 Å². The summed E-state index contributed by atoms with van der Waals surface area (Å²) in [6.45, 7) is 0.718. The van der Waals surface area contributed by atoms with Gasteiger partial charge in [0.2, 0.25) is 0 Å². The number of carbonyl (C=O) groups excluding carboxylic acids is 1. The lowest BCUT2D eigenvalue weighted by Gasteiger charge is -2.22. The number of rotatable bonds is 3. The summed E-state index contributed by atoms with van der Waals surface area (Å²) >= 11 is 0. The van der Waals surface area contributed by atoms with E-state index in [1.54, 1.807) is 21.8 Å². The van der Waals surface area contributed by atoms with E-state index in [4.69, 9.17) is 4.74 Å². The molecule has 1 amide bonds. The predicted molar refractivity (Wildman–Crippen MR) is 92.8 cm³/mol. The highest BCUT2D eigenvalue weighted by atomic mass is 32.2. The van der Waals surface area contributed by atoms with Gasteiger partial charge in [-0.3, -0.25) is 9.48 Å². The molecule has 2 aliphatic heterocycles. The second-order valence-corrected chi connectivity index (χ2v) is 8.01. The second kappa shape index (κ2) is 6.50. The minimum atomic E-state index is -4.22. The number of benzene rings is 1. The Bertz CT molecular complexity index is 977. The summed E-state index contributed by atoms with van der Waals surface area (Å²) in [6, 6.07) is 2.55. The molecule has 2 fully saturated rings. The van der Waals surface area contributed by atoms with Crippen molar-refractivity contribution in [3.05, 3.63) is 30.3 Å². The van der Waals surface area contributed by atoms with Crippen LogP contribution in [-0.2, 0) is 19.7 Å². The average Bonchev–Trinajstić information content (AvgIpc) is 3.20. The zero-order valence-electron chi connectivity index (χ0n) is 14.1. The Morgan fingerprint density at radius 2 is 2.00 bits per heavy atom. The van der Waals surface area contributed by atoms with Crippen LogP contribution in [0.5, 0.6) is 5.75 Å². The van der Waals surface area contributed by atoms with E-state index < -0.39 is 39.9 Å². The van der Waals surface area contributed by atoms with Crippen LogP contribution in [0.4, 0.5) is 10.1 Å². The van der Waals surface area contributed by atoms with Crippen LogP contribution < -0.4 is 9.03 Å². The SMILES string of the molecule is O=C1CN(c2c(O)cc(-c3cnn(C4CCOCC4)c3)cc2F)S(=O)(=O)N1. The highest BCUT2D eigenvalue weighted by molar-refractivity contribution is 7.92. The molecule has 0 spiro atoms. The Morgan fingerprint density at radius 1 is 1.26 bits per heavy atom. The monoisotopic (exact) mass is 396 g/mol. The van der Waals surface area contributed by atoms with E-state index in [1.807, 2.05) is 0 Å². The first-order valence-corrected chi connectivity index (χ1v) is 9.77. The van der Waals surface area contributed by atoms with Crippen molar-refractivity contribution >= 4 is 21.8 Å². The normalized spacial score (nSPS) is 20.0. The van der Waals surface area contributed by atoms with Crippen LogP contribution in [0.2, 0.25) is 0 Å². The fourth-order valence-corrected chi connectivity index (χ4v) is 4.45. The lowest BCUT2D eigenvalue weighted by atomic mass is 10.1. The summed E-state index contributed by atoms with van der Waals surface area (Å²) in [5.74, 6) is -2.33. The molecular weight excluding hydrogens is 379 g/mol. The van der Waals surface area contributed by atoms with E-state index in [0.29, 0.717) is 28.6 Å². The van der Waals surface area contributed by atoms with Crippen molar-refractivity contribution in [1.29, 1.82) is 0 Å². The third-order valence-corrected chi connectivity index (χ3v) is 5.99. The van der Waals surface area contributed by atoms with Crippen molar-refractivity contribution in [3.8, 4) is 16.9 Å². The third-order valence-electron chi connectivity index (χ3n) is 4.61. The van der Waals surface area contributed by atoms with E-state index in [0.717, 1.165) is 18.9 Å². The molecule has 1 aromatic carbocycles. The summed E-state index contributed by atoms with van der Waals surface area (Å²) in [6.07, 6.45) is 4.96. The molecule has 9 nitrogen and oxygen atoms in total. The number of amides is 1. The maximum Gasteiger partial charge on any atom is 0.326 e. The number of phenolic OH excluding ortho intramolecular Hbond substituents is 1. The average molecular weight is 396 g/mol. The number of carbonyl (C=O) groups is 1. The number of nitrogens with one attached hydrogen (secondary N) is 1. The smallest absolute Gasteiger partial charge is 0.326 e. The lowest BCUT2D eigenvalue weighted by Crippen LogP contribution is -2.30. The fraction of sp³-hybridized carbons (Fsp3) is 0.375. The number of hydrogen-bond donors (Lipinski definition) is 2. The van der Waals surface area contributed by atoms with Crippen molar-refractivity contribution in [2.45, 2.75) is 18.9 Å². The van der Waals surface area contributed by atoms with E-state index in [-0.39, 0.29) is 6.04 Å². The van der Waals surface area contributed by atoms with Gasteiger partial charge in [0.1, 0.15) is 18.0 Å². The molecule has 27 heavy (non-hydrogen) atoms. The first-order chi connectivity index (χ1) is 12.8.